The second kappa shape index (κ2) is 4.63. The first-order valence-corrected chi connectivity index (χ1v) is 6.77. The van der Waals surface area contributed by atoms with Crippen molar-refractivity contribution >= 4 is 5.69 Å². The standard InChI is InChI=1S/C16H13N3O2/c20-12-7-5-10(6-8-12)15-18-16(21-19-15)14-9-11-3-1-2-4-13(11)17-14/h1-8,14,17,20H,9H2/t14-/m0/s1. The molecule has 2 aromatic carbocycles. The van der Waals surface area contributed by atoms with Crippen molar-refractivity contribution in [2.24, 2.45) is 0 Å². The Kier molecular flexibility index (Phi) is 2.64. The smallest absolute Gasteiger partial charge is 0.249 e. The maximum Gasteiger partial charge on any atom is 0.249 e. The zero-order chi connectivity index (χ0) is 14.2. The molecule has 1 aromatic heterocycles. The van der Waals surface area contributed by atoms with E-state index in [0.717, 1.165) is 17.7 Å². The van der Waals surface area contributed by atoms with E-state index in [0.29, 0.717) is 11.7 Å². The number of nitrogens with one attached hydrogen (secondary N) is 1. The van der Waals surface area contributed by atoms with Gasteiger partial charge in [0.05, 0.1) is 0 Å². The molecule has 4 rings (SSSR count). The van der Waals surface area contributed by atoms with Crippen molar-refractivity contribution in [2.75, 3.05) is 5.32 Å². The predicted molar refractivity (Wildman–Crippen MR) is 77.9 cm³/mol. The van der Waals surface area contributed by atoms with Crippen LogP contribution in [0.1, 0.15) is 17.5 Å². The molecule has 0 aliphatic carbocycles. The van der Waals surface area contributed by atoms with Crippen LogP contribution in [0.15, 0.2) is 53.1 Å². The lowest BCUT2D eigenvalue weighted by Gasteiger charge is -2.04. The molecule has 1 atom stereocenters. The minimum atomic E-state index is 0.0146. The van der Waals surface area contributed by atoms with Gasteiger partial charge in [-0.25, -0.2) is 0 Å². The van der Waals surface area contributed by atoms with Gasteiger partial charge in [0, 0.05) is 17.7 Å². The lowest BCUT2D eigenvalue weighted by atomic mass is 10.1. The molecule has 3 aromatic rings. The summed E-state index contributed by atoms with van der Waals surface area (Å²) in [5.74, 6) is 1.33. The van der Waals surface area contributed by atoms with Gasteiger partial charge in [0.1, 0.15) is 11.8 Å². The Morgan fingerprint density at radius 2 is 1.90 bits per heavy atom. The zero-order valence-electron chi connectivity index (χ0n) is 11.2. The SMILES string of the molecule is Oc1ccc(-c2noc([C@@H]3Cc4ccccc4N3)n2)cc1. The maximum atomic E-state index is 9.31. The first kappa shape index (κ1) is 12.0. The quantitative estimate of drug-likeness (QED) is 0.754. The van der Waals surface area contributed by atoms with Gasteiger partial charge in [-0.1, -0.05) is 23.4 Å². The lowest BCUT2D eigenvalue weighted by Crippen LogP contribution is -2.05. The summed E-state index contributed by atoms with van der Waals surface area (Å²) in [4.78, 5) is 4.45. The van der Waals surface area contributed by atoms with Crippen molar-refractivity contribution in [1.82, 2.24) is 10.1 Å². The van der Waals surface area contributed by atoms with Crippen LogP contribution in [-0.4, -0.2) is 15.2 Å². The van der Waals surface area contributed by atoms with E-state index in [2.05, 4.69) is 21.5 Å². The van der Waals surface area contributed by atoms with Gasteiger partial charge in [0.25, 0.3) is 0 Å². The minimum absolute atomic E-state index is 0.0146. The van der Waals surface area contributed by atoms with Gasteiger partial charge >= 0.3 is 0 Å². The van der Waals surface area contributed by atoms with Gasteiger partial charge in [0.2, 0.25) is 11.7 Å². The second-order valence-electron chi connectivity index (χ2n) is 5.06. The van der Waals surface area contributed by atoms with Crippen molar-refractivity contribution in [3.63, 3.8) is 0 Å². The molecule has 5 heteroatoms. The third-order valence-corrected chi connectivity index (χ3v) is 3.64. The Morgan fingerprint density at radius 3 is 2.71 bits per heavy atom. The number of benzene rings is 2. The number of phenols is 1. The van der Waals surface area contributed by atoms with Crippen molar-refractivity contribution in [3.8, 4) is 17.1 Å². The summed E-state index contributed by atoms with van der Waals surface area (Å²) < 4.78 is 5.38. The fourth-order valence-electron chi connectivity index (χ4n) is 2.55. The first-order valence-electron chi connectivity index (χ1n) is 6.77. The molecule has 0 amide bonds. The highest BCUT2D eigenvalue weighted by Crippen LogP contribution is 2.33. The number of fused-ring (bicyclic) bond motifs is 1. The van der Waals surface area contributed by atoms with Crippen LogP contribution in [0.4, 0.5) is 5.69 Å². The van der Waals surface area contributed by atoms with E-state index in [4.69, 9.17) is 4.52 Å². The molecule has 21 heavy (non-hydrogen) atoms. The van der Waals surface area contributed by atoms with Crippen LogP contribution >= 0.6 is 0 Å². The molecule has 0 saturated carbocycles. The topological polar surface area (TPSA) is 71.2 Å². The first-order chi connectivity index (χ1) is 10.3. The molecule has 0 bridgehead atoms. The summed E-state index contributed by atoms with van der Waals surface area (Å²) in [6, 6.07) is 14.9. The molecular weight excluding hydrogens is 266 g/mol. The Balaban J connectivity index is 1.60. The number of anilines is 1. The van der Waals surface area contributed by atoms with E-state index in [1.807, 2.05) is 18.2 Å². The molecule has 104 valence electrons. The van der Waals surface area contributed by atoms with E-state index >= 15 is 0 Å². The van der Waals surface area contributed by atoms with Crippen LogP contribution in [0, 0.1) is 0 Å². The third kappa shape index (κ3) is 2.12. The Bertz CT molecular complexity index is 755. The molecular formula is C16H13N3O2. The third-order valence-electron chi connectivity index (χ3n) is 3.64. The molecule has 0 saturated heterocycles. The van der Waals surface area contributed by atoms with Crippen LogP contribution in [-0.2, 0) is 6.42 Å². The number of aromatic nitrogens is 2. The minimum Gasteiger partial charge on any atom is -0.508 e. The highest BCUT2D eigenvalue weighted by Gasteiger charge is 2.26. The number of hydrogen-bond acceptors (Lipinski definition) is 5. The number of phenolic OH excluding ortho intramolecular Hbond substituents is 1. The van der Waals surface area contributed by atoms with Crippen molar-refractivity contribution in [2.45, 2.75) is 12.5 Å². The monoisotopic (exact) mass is 279 g/mol. The van der Waals surface area contributed by atoms with Crippen LogP contribution < -0.4 is 5.32 Å². The highest BCUT2D eigenvalue weighted by atomic mass is 16.5. The average Bonchev–Trinajstić information content (AvgIpc) is 3.14. The fraction of sp³-hybridized carbons (Fsp3) is 0.125. The normalized spacial score (nSPS) is 16.5. The number of rotatable bonds is 2. The number of aromatic hydroxyl groups is 1. The molecule has 0 radical (unpaired) electrons. The van der Waals surface area contributed by atoms with Crippen LogP contribution in [0.5, 0.6) is 5.75 Å². The van der Waals surface area contributed by atoms with Gasteiger partial charge in [-0.05, 0) is 35.9 Å². The molecule has 0 unspecified atom stereocenters. The predicted octanol–water partition coefficient (Wildman–Crippen LogP) is 3.15. The largest absolute Gasteiger partial charge is 0.508 e. The van der Waals surface area contributed by atoms with Crippen molar-refractivity contribution in [3.05, 3.63) is 60.0 Å². The van der Waals surface area contributed by atoms with Crippen molar-refractivity contribution in [1.29, 1.82) is 0 Å². The van der Waals surface area contributed by atoms with Gasteiger partial charge in [-0.15, -0.1) is 0 Å². The van der Waals surface area contributed by atoms with Crippen LogP contribution in [0.3, 0.4) is 0 Å². The molecule has 1 aliphatic heterocycles. The summed E-state index contributed by atoms with van der Waals surface area (Å²) in [6.45, 7) is 0. The lowest BCUT2D eigenvalue weighted by molar-refractivity contribution is 0.364. The molecule has 2 heterocycles. The Labute approximate surface area is 121 Å². The van der Waals surface area contributed by atoms with Crippen LogP contribution in [0.2, 0.25) is 0 Å². The fourth-order valence-corrected chi connectivity index (χ4v) is 2.55. The summed E-state index contributed by atoms with van der Waals surface area (Å²) in [5, 5.41) is 16.7. The van der Waals surface area contributed by atoms with Gasteiger partial charge < -0.3 is 14.9 Å². The summed E-state index contributed by atoms with van der Waals surface area (Å²) in [7, 11) is 0. The molecule has 0 fully saturated rings. The van der Waals surface area contributed by atoms with E-state index < -0.39 is 0 Å². The Morgan fingerprint density at radius 1 is 1.10 bits per heavy atom. The van der Waals surface area contributed by atoms with Crippen molar-refractivity contribution < 1.29 is 9.63 Å². The number of hydrogen-bond donors (Lipinski definition) is 2. The highest BCUT2D eigenvalue weighted by molar-refractivity contribution is 5.58. The van der Waals surface area contributed by atoms with Gasteiger partial charge in [-0.2, -0.15) is 4.98 Å². The van der Waals surface area contributed by atoms with Crippen LogP contribution in [0.25, 0.3) is 11.4 Å². The Hall–Kier alpha value is -2.82. The number of nitrogens with zero attached hydrogens (tertiary/aromatic N) is 2. The zero-order valence-corrected chi connectivity index (χ0v) is 11.2. The van der Waals surface area contributed by atoms with E-state index in [-0.39, 0.29) is 11.8 Å². The summed E-state index contributed by atoms with van der Waals surface area (Å²) in [6.07, 6.45) is 0.841. The molecule has 1 aliphatic rings. The summed E-state index contributed by atoms with van der Waals surface area (Å²) >= 11 is 0. The summed E-state index contributed by atoms with van der Waals surface area (Å²) in [5.41, 5.74) is 3.19. The molecule has 5 nitrogen and oxygen atoms in total. The van der Waals surface area contributed by atoms with E-state index in [1.165, 1.54) is 5.56 Å². The van der Waals surface area contributed by atoms with E-state index in [9.17, 15) is 5.11 Å². The van der Waals surface area contributed by atoms with Gasteiger partial charge in [-0.3, -0.25) is 0 Å². The van der Waals surface area contributed by atoms with Gasteiger partial charge in [0.15, 0.2) is 0 Å². The second-order valence-corrected chi connectivity index (χ2v) is 5.06. The van der Waals surface area contributed by atoms with E-state index in [1.54, 1.807) is 24.3 Å². The maximum absolute atomic E-state index is 9.31. The molecule has 2 N–H and O–H groups in total. The average molecular weight is 279 g/mol. The molecule has 0 spiro atoms. The number of para-hydroxylation sites is 1.